The number of hydrogen-bond donors (Lipinski definition) is 0. The molecule has 5 heteroatoms. The van der Waals surface area contributed by atoms with Crippen LogP contribution in [0.4, 0.5) is 0 Å². The third-order valence-electron chi connectivity index (χ3n) is 7.41. The van der Waals surface area contributed by atoms with Crippen LogP contribution in [-0.4, -0.2) is 53.6 Å². The third-order valence-corrected chi connectivity index (χ3v) is 7.41. The average Bonchev–Trinajstić information content (AvgIpc) is 2.63. The number of carbonyl (C=O) groups excluding carboxylic acids is 1. The van der Waals surface area contributed by atoms with Crippen molar-refractivity contribution in [1.29, 1.82) is 0 Å². The van der Waals surface area contributed by atoms with E-state index in [9.17, 15) is 4.79 Å². The van der Waals surface area contributed by atoms with Gasteiger partial charge in [-0.1, -0.05) is 26.7 Å². The van der Waals surface area contributed by atoms with Crippen LogP contribution in [0.1, 0.15) is 92.9 Å². The minimum atomic E-state index is -0.570. The predicted molar refractivity (Wildman–Crippen MR) is 115 cm³/mol. The zero-order valence-electron chi connectivity index (χ0n) is 19.6. The van der Waals surface area contributed by atoms with Crippen molar-refractivity contribution in [2.24, 2.45) is 11.8 Å². The summed E-state index contributed by atoms with van der Waals surface area (Å²) in [4.78, 5) is 15.2. The van der Waals surface area contributed by atoms with Crippen LogP contribution in [-0.2, 0) is 19.0 Å². The van der Waals surface area contributed by atoms with E-state index in [1.807, 2.05) is 0 Å². The Bertz CT molecular complexity index is 537. The Kier molecular flexibility index (Phi) is 7.02. The van der Waals surface area contributed by atoms with E-state index in [2.05, 4.69) is 46.4 Å². The maximum absolute atomic E-state index is 12.6. The van der Waals surface area contributed by atoms with Gasteiger partial charge in [0.1, 0.15) is 6.10 Å². The molecule has 1 saturated carbocycles. The molecule has 3 aliphatic rings. The van der Waals surface area contributed by atoms with Gasteiger partial charge in [0.05, 0.1) is 19.1 Å². The summed E-state index contributed by atoms with van der Waals surface area (Å²) in [5.74, 6) is 0.241. The highest BCUT2D eigenvalue weighted by Gasteiger charge is 2.55. The van der Waals surface area contributed by atoms with Gasteiger partial charge in [-0.2, -0.15) is 0 Å². The molecule has 3 rings (SSSR count). The molecule has 3 fully saturated rings. The maximum atomic E-state index is 12.6. The lowest BCUT2D eigenvalue weighted by molar-refractivity contribution is -0.334. The van der Waals surface area contributed by atoms with Crippen LogP contribution in [0, 0.1) is 11.8 Å². The summed E-state index contributed by atoms with van der Waals surface area (Å²) in [7, 11) is 0. The highest BCUT2D eigenvalue weighted by Crippen LogP contribution is 2.46. The summed E-state index contributed by atoms with van der Waals surface area (Å²) >= 11 is 0. The highest BCUT2D eigenvalue weighted by atomic mass is 16.7. The maximum Gasteiger partial charge on any atom is 0.309 e. The van der Waals surface area contributed by atoms with Gasteiger partial charge in [-0.05, 0) is 65.8 Å². The van der Waals surface area contributed by atoms with Crippen molar-refractivity contribution in [2.75, 3.05) is 19.8 Å². The van der Waals surface area contributed by atoms with Crippen LogP contribution in [0.15, 0.2) is 0 Å². The topological polar surface area (TPSA) is 48.0 Å². The molecule has 0 unspecified atom stereocenters. The predicted octanol–water partition coefficient (Wildman–Crippen LogP) is 4.92. The van der Waals surface area contributed by atoms with Gasteiger partial charge in [-0.3, -0.25) is 9.69 Å². The fourth-order valence-electron chi connectivity index (χ4n) is 6.45. The van der Waals surface area contributed by atoms with Crippen LogP contribution >= 0.6 is 0 Å². The van der Waals surface area contributed by atoms with Crippen LogP contribution in [0.2, 0.25) is 0 Å². The lowest BCUT2D eigenvalue weighted by atomic mass is 9.75. The molecule has 0 aromatic rings. The van der Waals surface area contributed by atoms with Crippen LogP contribution in [0.5, 0.6) is 0 Å². The molecule has 1 aliphatic carbocycles. The second kappa shape index (κ2) is 8.84. The zero-order chi connectivity index (χ0) is 21.3. The Morgan fingerprint density at radius 2 is 1.52 bits per heavy atom. The number of carbonyl (C=O) groups is 1. The van der Waals surface area contributed by atoms with E-state index in [1.165, 1.54) is 12.8 Å². The van der Waals surface area contributed by atoms with E-state index in [1.54, 1.807) is 0 Å². The second-order valence-corrected chi connectivity index (χ2v) is 10.8. The normalized spacial score (nSPS) is 32.2. The molecule has 168 valence electrons. The summed E-state index contributed by atoms with van der Waals surface area (Å²) in [6, 6.07) is 0. The number of esters is 1. The van der Waals surface area contributed by atoms with E-state index in [0.717, 1.165) is 51.0 Å². The minimum absolute atomic E-state index is 0.00284. The van der Waals surface area contributed by atoms with Crippen molar-refractivity contribution in [3.63, 3.8) is 0 Å². The lowest BCUT2D eigenvalue weighted by Gasteiger charge is -2.59. The molecule has 0 aromatic carbocycles. The minimum Gasteiger partial charge on any atom is -0.457 e. The van der Waals surface area contributed by atoms with Crippen molar-refractivity contribution in [2.45, 2.75) is 116 Å². The molecule has 5 nitrogen and oxygen atoms in total. The van der Waals surface area contributed by atoms with Gasteiger partial charge < -0.3 is 14.2 Å². The molecule has 2 aliphatic heterocycles. The van der Waals surface area contributed by atoms with Crippen LogP contribution < -0.4 is 0 Å². The molecule has 0 N–H and O–H groups in total. The van der Waals surface area contributed by atoms with Crippen LogP contribution in [0.25, 0.3) is 0 Å². The largest absolute Gasteiger partial charge is 0.457 e. The van der Waals surface area contributed by atoms with E-state index >= 15 is 0 Å². The van der Waals surface area contributed by atoms with Gasteiger partial charge in [0, 0.05) is 23.9 Å². The van der Waals surface area contributed by atoms with E-state index in [-0.39, 0.29) is 29.1 Å². The van der Waals surface area contributed by atoms with Gasteiger partial charge in [-0.25, -0.2) is 0 Å². The molecule has 2 heterocycles. The molecule has 0 radical (unpaired) electrons. The molecule has 0 amide bonds. The SMILES string of the molecule is CCCC1CCC(C(=O)OC2COC3(CC(C)(C)N(CC)C(C)(C)C3)OC2)CC1. The van der Waals surface area contributed by atoms with Crippen molar-refractivity contribution in [1.82, 2.24) is 4.90 Å². The Hall–Kier alpha value is -0.650. The summed E-state index contributed by atoms with van der Waals surface area (Å²) in [6.45, 7) is 15.4. The summed E-state index contributed by atoms with van der Waals surface area (Å²) in [6.07, 6.45) is 8.17. The Labute approximate surface area is 177 Å². The Morgan fingerprint density at radius 3 is 2.00 bits per heavy atom. The Balaban J connectivity index is 1.51. The van der Waals surface area contributed by atoms with E-state index in [0.29, 0.717) is 13.2 Å². The molecular weight excluding hydrogens is 366 g/mol. The summed E-state index contributed by atoms with van der Waals surface area (Å²) in [5, 5.41) is 0. The molecular formula is C24H43NO4. The second-order valence-electron chi connectivity index (χ2n) is 10.8. The molecule has 1 spiro atoms. The fourth-order valence-corrected chi connectivity index (χ4v) is 6.45. The quantitative estimate of drug-likeness (QED) is 0.603. The number of nitrogens with zero attached hydrogens (tertiary/aromatic N) is 1. The first-order chi connectivity index (χ1) is 13.6. The standard InChI is InChI=1S/C24H43NO4/c1-7-9-18-10-12-19(13-11-18)21(26)29-20-14-27-24(28-15-20)16-22(3,4)25(8-2)23(5,6)17-24/h18-20H,7-17H2,1-6H3. The van der Waals surface area contributed by atoms with Crippen molar-refractivity contribution in [3.8, 4) is 0 Å². The van der Waals surface area contributed by atoms with E-state index in [4.69, 9.17) is 14.2 Å². The highest BCUT2D eigenvalue weighted by molar-refractivity contribution is 5.72. The van der Waals surface area contributed by atoms with Crippen LogP contribution in [0.3, 0.4) is 0 Å². The smallest absolute Gasteiger partial charge is 0.309 e. The number of hydrogen-bond acceptors (Lipinski definition) is 5. The van der Waals surface area contributed by atoms with Gasteiger partial charge in [0.25, 0.3) is 0 Å². The zero-order valence-corrected chi connectivity index (χ0v) is 19.6. The molecule has 0 bridgehead atoms. The lowest BCUT2D eigenvalue weighted by Crippen LogP contribution is -2.68. The van der Waals surface area contributed by atoms with Gasteiger partial charge in [0.2, 0.25) is 0 Å². The third kappa shape index (κ3) is 5.16. The van der Waals surface area contributed by atoms with Gasteiger partial charge >= 0.3 is 5.97 Å². The number of ether oxygens (including phenoxy) is 3. The number of piperidine rings is 1. The monoisotopic (exact) mass is 409 g/mol. The average molecular weight is 410 g/mol. The Morgan fingerprint density at radius 1 is 0.966 bits per heavy atom. The van der Waals surface area contributed by atoms with Gasteiger partial charge in [-0.15, -0.1) is 0 Å². The number of likely N-dealkylation sites (tertiary alicyclic amines) is 1. The first-order valence-electron chi connectivity index (χ1n) is 11.9. The summed E-state index contributed by atoms with van der Waals surface area (Å²) < 4.78 is 18.4. The first kappa shape index (κ1) is 23.0. The number of rotatable bonds is 5. The fraction of sp³-hybridized carbons (Fsp3) is 0.958. The summed E-state index contributed by atoms with van der Waals surface area (Å²) in [5.41, 5.74) is -0.00567. The van der Waals surface area contributed by atoms with Crippen molar-refractivity contribution in [3.05, 3.63) is 0 Å². The first-order valence-corrected chi connectivity index (χ1v) is 11.9. The van der Waals surface area contributed by atoms with Crippen molar-refractivity contribution >= 4 is 5.97 Å². The molecule has 2 saturated heterocycles. The molecule has 0 aromatic heterocycles. The molecule has 0 atom stereocenters. The van der Waals surface area contributed by atoms with Gasteiger partial charge in [0.15, 0.2) is 5.79 Å². The van der Waals surface area contributed by atoms with E-state index < -0.39 is 5.79 Å². The molecule has 29 heavy (non-hydrogen) atoms. The van der Waals surface area contributed by atoms with Crippen molar-refractivity contribution < 1.29 is 19.0 Å².